The molecule has 0 saturated heterocycles. The minimum atomic E-state index is -3.15. The van der Waals surface area contributed by atoms with E-state index in [4.69, 9.17) is 0 Å². The normalized spacial score (nSPS) is 13.0. The van der Waals surface area contributed by atoms with Gasteiger partial charge in [-0.1, -0.05) is 44.2 Å². The van der Waals surface area contributed by atoms with E-state index in [1.54, 1.807) is 7.05 Å². The van der Waals surface area contributed by atoms with Crippen molar-refractivity contribution in [3.05, 3.63) is 35.9 Å². The third-order valence-corrected chi connectivity index (χ3v) is 3.99. The summed E-state index contributed by atoms with van der Waals surface area (Å²) in [7, 11) is -1.46. The van der Waals surface area contributed by atoms with Crippen LogP contribution in [0.5, 0.6) is 0 Å². The molecule has 6 nitrogen and oxygen atoms in total. The summed E-state index contributed by atoms with van der Waals surface area (Å²) in [5.41, 5.74) is 1.21. The quantitative estimate of drug-likeness (QED) is 0.391. The highest BCUT2D eigenvalue weighted by Gasteiger charge is 2.20. The van der Waals surface area contributed by atoms with Crippen LogP contribution in [0.3, 0.4) is 0 Å². The molecule has 7 heteroatoms. The Bertz CT molecular complexity index is 583. The molecular formula is C15H26N4O2S. The number of guanidine groups is 1. The predicted molar refractivity (Wildman–Crippen MR) is 91.7 cm³/mol. The van der Waals surface area contributed by atoms with Gasteiger partial charge in [0.2, 0.25) is 10.0 Å². The number of sulfonamides is 1. The van der Waals surface area contributed by atoms with Gasteiger partial charge in [0.1, 0.15) is 0 Å². The molecule has 1 aromatic carbocycles. The van der Waals surface area contributed by atoms with Gasteiger partial charge in [-0.15, -0.1) is 0 Å². The molecule has 0 atom stereocenters. The van der Waals surface area contributed by atoms with E-state index in [0.29, 0.717) is 19.0 Å². The fourth-order valence-electron chi connectivity index (χ4n) is 1.93. The molecule has 0 amide bonds. The summed E-state index contributed by atoms with van der Waals surface area (Å²) in [6.07, 6.45) is 1.14. The topological polar surface area (TPSA) is 82.6 Å². The van der Waals surface area contributed by atoms with Crippen molar-refractivity contribution in [2.24, 2.45) is 4.99 Å². The third-order valence-electron chi connectivity index (χ3n) is 3.26. The van der Waals surface area contributed by atoms with Crippen molar-refractivity contribution >= 4 is 16.0 Å². The summed E-state index contributed by atoms with van der Waals surface area (Å²) in [4.78, 5) is 4.14. The standard InChI is InChI=1S/C15H26N4O2S/c1-15(2,13-8-6-5-7-9-13)12-18-14(16-3)17-10-11-19-22(4,20)21/h5-9,19H,10-12H2,1-4H3,(H2,16,17,18). The molecule has 0 aromatic heterocycles. The Kier molecular flexibility index (Phi) is 6.83. The lowest BCUT2D eigenvalue weighted by atomic mass is 9.85. The lowest BCUT2D eigenvalue weighted by Gasteiger charge is -2.26. The van der Waals surface area contributed by atoms with E-state index in [1.165, 1.54) is 5.56 Å². The molecule has 124 valence electrons. The zero-order valence-corrected chi connectivity index (χ0v) is 14.5. The first-order chi connectivity index (χ1) is 10.2. The van der Waals surface area contributed by atoms with Gasteiger partial charge in [-0.25, -0.2) is 13.1 Å². The average Bonchev–Trinajstić information content (AvgIpc) is 2.46. The molecule has 0 aliphatic rings. The molecule has 1 rings (SSSR count). The van der Waals surface area contributed by atoms with Crippen LogP contribution >= 0.6 is 0 Å². The number of benzene rings is 1. The van der Waals surface area contributed by atoms with Crippen molar-refractivity contribution < 1.29 is 8.42 Å². The monoisotopic (exact) mass is 326 g/mol. The van der Waals surface area contributed by atoms with E-state index in [0.717, 1.165) is 12.8 Å². The predicted octanol–water partition coefficient (Wildman–Crippen LogP) is 0.678. The van der Waals surface area contributed by atoms with Crippen molar-refractivity contribution in [1.29, 1.82) is 0 Å². The summed E-state index contributed by atoms with van der Waals surface area (Å²) < 4.78 is 24.4. The van der Waals surface area contributed by atoms with Crippen LogP contribution in [0.1, 0.15) is 19.4 Å². The molecule has 0 spiro atoms. The van der Waals surface area contributed by atoms with Crippen LogP contribution in [-0.4, -0.2) is 47.3 Å². The Balaban J connectivity index is 2.44. The number of hydrogen-bond acceptors (Lipinski definition) is 3. The minimum absolute atomic E-state index is 0.0378. The van der Waals surface area contributed by atoms with Gasteiger partial charge in [0.15, 0.2) is 5.96 Å². The number of hydrogen-bond donors (Lipinski definition) is 3. The summed E-state index contributed by atoms with van der Waals surface area (Å²) in [5.74, 6) is 0.652. The van der Waals surface area contributed by atoms with Crippen LogP contribution in [0.15, 0.2) is 35.3 Å². The van der Waals surface area contributed by atoms with Crippen LogP contribution in [0.2, 0.25) is 0 Å². The lowest BCUT2D eigenvalue weighted by molar-refractivity contribution is 0.508. The molecule has 0 aliphatic heterocycles. The lowest BCUT2D eigenvalue weighted by Crippen LogP contribution is -2.45. The number of aliphatic imine (C=N–C) groups is 1. The van der Waals surface area contributed by atoms with Gasteiger partial charge in [0.05, 0.1) is 6.26 Å². The fraction of sp³-hybridized carbons (Fsp3) is 0.533. The maximum Gasteiger partial charge on any atom is 0.208 e. The molecular weight excluding hydrogens is 300 g/mol. The van der Waals surface area contributed by atoms with Gasteiger partial charge < -0.3 is 10.6 Å². The highest BCUT2D eigenvalue weighted by molar-refractivity contribution is 7.88. The molecule has 0 aliphatic carbocycles. The second-order valence-electron chi connectivity index (χ2n) is 5.77. The highest BCUT2D eigenvalue weighted by Crippen LogP contribution is 2.21. The smallest absolute Gasteiger partial charge is 0.208 e. The Morgan fingerprint density at radius 2 is 1.77 bits per heavy atom. The van der Waals surface area contributed by atoms with Crippen LogP contribution in [0.4, 0.5) is 0 Å². The second kappa shape index (κ2) is 8.14. The van der Waals surface area contributed by atoms with Crippen LogP contribution < -0.4 is 15.4 Å². The van der Waals surface area contributed by atoms with E-state index in [2.05, 4.69) is 46.3 Å². The molecule has 0 saturated carbocycles. The van der Waals surface area contributed by atoms with Gasteiger partial charge in [-0.2, -0.15) is 0 Å². The van der Waals surface area contributed by atoms with Crippen molar-refractivity contribution in [3.8, 4) is 0 Å². The van der Waals surface area contributed by atoms with E-state index in [-0.39, 0.29) is 5.41 Å². The van der Waals surface area contributed by atoms with Crippen LogP contribution in [0.25, 0.3) is 0 Å². The van der Waals surface area contributed by atoms with Crippen LogP contribution in [-0.2, 0) is 15.4 Å². The van der Waals surface area contributed by atoms with Crippen molar-refractivity contribution in [2.75, 3.05) is 32.9 Å². The summed E-state index contributed by atoms with van der Waals surface area (Å²) >= 11 is 0. The van der Waals surface area contributed by atoms with Crippen molar-refractivity contribution in [2.45, 2.75) is 19.3 Å². The Labute approximate surface area is 133 Å². The highest BCUT2D eigenvalue weighted by atomic mass is 32.2. The Hall–Kier alpha value is -1.60. The van der Waals surface area contributed by atoms with E-state index in [9.17, 15) is 8.42 Å². The molecule has 3 N–H and O–H groups in total. The number of rotatable bonds is 7. The summed E-state index contributed by atoms with van der Waals surface area (Å²) in [5, 5.41) is 6.35. The van der Waals surface area contributed by atoms with E-state index in [1.807, 2.05) is 18.2 Å². The second-order valence-corrected chi connectivity index (χ2v) is 7.60. The first kappa shape index (κ1) is 18.4. The molecule has 22 heavy (non-hydrogen) atoms. The zero-order chi connectivity index (χ0) is 16.6. The SMILES string of the molecule is CN=C(NCCNS(C)(=O)=O)NCC(C)(C)c1ccccc1. The molecule has 1 aromatic rings. The fourth-order valence-corrected chi connectivity index (χ4v) is 2.41. The number of nitrogens with zero attached hydrogens (tertiary/aromatic N) is 1. The Morgan fingerprint density at radius 3 is 2.32 bits per heavy atom. The van der Waals surface area contributed by atoms with Crippen molar-refractivity contribution in [3.63, 3.8) is 0 Å². The van der Waals surface area contributed by atoms with Gasteiger partial charge in [-0.3, -0.25) is 4.99 Å². The molecule has 0 bridgehead atoms. The molecule has 0 heterocycles. The third kappa shape index (κ3) is 6.91. The Morgan fingerprint density at radius 1 is 1.14 bits per heavy atom. The van der Waals surface area contributed by atoms with Gasteiger partial charge in [0, 0.05) is 32.1 Å². The molecule has 0 fully saturated rings. The average molecular weight is 326 g/mol. The van der Waals surface area contributed by atoms with Gasteiger partial charge in [0.25, 0.3) is 0 Å². The largest absolute Gasteiger partial charge is 0.356 e. The molecule has 0 radical (unpaired) electrons. The zero-order valence-electron chi connectivity index (χ0n) is 13.7. The first-order valence-corrected chi connectivity index (χ1v) is 9.08. The van der Waals surface area contributed by atoms with Gasteiger partial charge in [-0.05, 0) is 5.56 Å². The van der Waals surface area contributed by atoms with Crippen LogP contribution in [0, 0.1) is 0 Å². The van der Waals surface area contributed by atoms with Crippen molar-refractivity contribution in [1.82, 2.24) is 15.4 Å². The maximum atomic E-state index is 11.0. The number of nitrogens with one attached hydrogen (secondary N) is 3. The van der Waals surface area contributed by atoms with E-state index >= 15 is 0 Å². The summed E-state index contributed by atoms with van der Waals surface area (Å²) in [6.45, 7) is 5.83. The first-order valence-electron chi connectivity index (χ1n) is 7.19. The summed E-state index contributed by atoms with van der Waals surface area (Å²) in [6, 6.07) is 10.3. The molecule has 0 unspecified atom stereocenters. The van der Waals surface area contributed by atoms with Gasteiger partial charge >= 0.3 is 0 Å². The minimum Gasteiger partial charge on any atom is -0.356 e. The maximum absolute atomic E-state index is 11.0. The van der Waals surface area contributed by atoms with E-state index < -0.39 is 10.0 Å².